The second-order valence-corrected chi connectivity index (χ2v) is 6.32. The Labute approximate surface area is 149 Å². The maximum atomic E-state index is 12.9. The number of amides is 1. The number of nitrogens with zero attached hydrogens (tertiary/aromatic N) is 2. The van der Waals surface area contributed by atoms with Gasteiger partial charge in [0.15, 0.2) is 5.13 Å². The van der Waals surface area contributed by atoms with E-state index in [9.17, 15) is 9.18 Å². The molecule has 2 heterocycles. The molecule has 0 unspecified atom stereocenters. The molecule has 0 aliphatic carbocycles. The Morgan fingerprint density at radius 2 is 1.96 bits per heavy atom. The van der Waals surface area contributed by atoms with Crippen LogP contribution in [0.4, 0.5) is 15.3 Å². The maximum absolute atomic E-state index is 12.9. The number of carbonyl (C=O) groups excluding carboxylic acids is 1. The van der Waals surface area contributed by atoms with Crippen LogP contribution in [0.1, 0.15) is 21.7 Å². The van der Waals surface area contributed by atoms with Crippen molar-refractivity contribution in [3.63, 3.8) is 0 Å². The van der Waals surface area contributed by atoms with Gasteiger partial charge >= 0.3 is 0 Å². The highest BCUT2D eigenvalue weighted by atomic mass is 32.1. The molecule has 3 rings (SSSR count). The molecule has 25 heavy (non-hydrogen) atoms. The molecule has 0 atom stereocenters. The summed E-state index contributed by atoms with van der Waals surface area (Å²) in [6.07, 6.45) is 0.633. The summed E-state index contributed by atoms with van der Waals surface area (Å²) in [5.41, 5.74) is 2.23. The lowest BCUT2D eigenvalue weighted by Crippen LogP contribution is -2.26. The molecule has 1 aromatic carbocycles. The van der Waals surface area contributed by atoms with Gasteiger partial charge in [0.05, 0.1) is 0 Å². The number of hydrogen-bond acceptors (Lipinski definition) is 5. The van der Waals surface area contributed by atoms with E-state index in [1.807, 2.05) is 25.1 Å². The maximum Gasteiger partial charge on any atom is 0.270 e. The van der Waals surface area contributed by atoms with Crippen LogP contribution in [-0.4, -0.2) is 22.4 Å². The molecule has 0 saturated carbocycles. The van der Waals surface area contributed by atoms with Crippen molar-refractivity contribution in [2.24, 2.45) is 0 Å². The lowest BCUT2D eigenvalue weighted by atomic mass is 10.1. The molecule has 2 N–H and O–H groups in total. The van der Waals surface area contributed by atoms with Crippen LogP contribution >= 0.6 is 11.3 Å². The standard InChI is InChI=1S/C18H17FN4OS/c1-12-3-2-4-16(21-12)23-18-22-15(11-25-18)17(24)20-10-9-13-5-7-14(19)8-6-13/h2-8,11H,9-10H2,1H3,(H,20,24)(H,21,22,23). The third-order valence-corrected chi connectivity index (χ3v) is 4.23. The minimum atomic E-state index is -0.265. The van der Waals surface area contributed by atoms with Crippen LogP contribution in [0.5, 0.6) is 0 Å². The lowest BCUT2D eigenvalue weighted by Gasteiger charge is -2.04. The summed E-state index contributed by atoms with van der Waals surface area (Å²) in [5.74, 6) is 0.194. The van der Waals surface area contributed by atoms with Crippen LogP contribution in [0.2, 0.25) is 0 Å². The molecule has 0 aliphatic heterocycles. The van der Waals surface area contributed by atoms with E-state index in [1.165, 1.54) is 23.5 Å². The van der Waals surface area contributed by atoms with Crippen LogP contribution in [0, 0.1) is 12.7 Å². The Hall–Kier alpha value is -2.80. The number of pyridine rings is 1. The van der Waals surface area contributed by atoms with Crippen LogP contribution in [-0.2, 0) is 6.42 Å². The summed E-state index contributed by atoms with van der Waals surface area (Å²) in [5, 5.41) is 8.22. The van der Waals surface area contributed by atoms with Crippen molar-refractivity contribution in [2.45, 2.75) is 13.3 Å². The molecule has 128 valence electrons. The van der Waals surface area contributed by atoms with Crippen LogP contribution in [0.15, 0.2) is 47.8 Å². The first-order chi connectivity index (χ1) is 12.1. The number of anilines is 2. The number of carbonyl (C=O) groups is 1. The predicted molar refractivity (Wildman–Crippen MR) is 96.8 cm³/mol. The summed E-state index contributed by atoms with van der Waals surface area (Å²) in [6, 6.07) is 11.9. The SMILES string of the molecule is Cc1cccc(Nc2nc(C(=O)NCCc3ccc(F)cc3)cs2)n1. The van der Waals surface area contributed by atoms with E-state index in [2.05, 4.69) is 20.6 Å². The summed E-state index contributed by atoms with van der Waals surface area (Å²) < 4.78 is 12.9. The number of rotatable bonds is 6. The van der Waals surface area contributed by atoms with Crippen molar-refractivity contribution in [1.82, 2.24) is 15.3 Å². The highest BCUT2D eigenvalue weighted by Crippen LogP contribution is 2.19. The number of nitrogens with one attached hydrogen (secondary N) is 2. The van der Waals surface area contributed by atoms with E-state index in [0.717, 1.165) is 11.3 Å². The normalized spacial score (nSPS) is 10.5. The van der Waals surface area contributed by atoms with E-state index in [-0.39, 0.29) is 11.7 Å². The summed E-state index contributed by atoms with van der Waals surface area (Å²) in [4.78, 5) is 20.8. The van der Waals surface area contributed by atoms with Gasteiger partial charge < -0.3 is 10.6 Å². The Bertz CT molecular complexity index is 864. The smallest absolute Gasteiger partial charge is 0.270 e. The number of benzene rings is 1. The third-order valence-electron chi connectivity index (χ3n) is 3.47. The third kappa shape index (κ3) is 4.84. The summed E-state index contributed by atoms with van der Waals surface area (Å²) >= 11 is 1.35. The number of aromatic nitrogens is 2. The van der Waals surface area contributed by atoms with Gasteiger partial charge in [0.25, 0.3) is 5.91 Å². The van der Waals surface area contributed by atoms with E-state index in [0.29, 0.717) is 29.6 Å². The summed E-state index contributed by atoms with van der Waals surface area (Å²) in [6.45, 7) is 2.37. The van der Waals surface area contributed by atoms with Crippen molar-refractivity contribution in [2.75, 3.05) is 11.9 Å². The van der Waals surface area contributed by atoms with Crippen LogP contribution in [0.25, 0.3) is 0 Å². The van der Waals surface area contributed by atoms with Gasteiger partial charge in [-0.25, -0.2) is 14.4 Å². The fourth-order valence-corrected chi connectivity index (χ4v) is 2.92. The molecule has 1 amide bonds. The lowest BCUT2D eigenvalue weighted by molar-refractivity contribution is 0.0950. The van der Waals surface area contributed by atoms with Gasteiger partial charge in [0.1, 0.15) is 17.3 Å². The zero-order valence-electron chi connectivity index (χ0n) is 13.6. The molecule has 5 nitrogen and oxygen atoms in total. The molecule has 0 bridgehead atoms. The molecule has 0 radical (unpaired) electrons. The molecular weight excluding hydrogens is 339 g/mol. The largest absolute Gasteiger partial charge is 0.350 e. The number of hydrogen-bond donors (Lipinski definition) is 2. The zero-order valence-corrected chi connectivity index (χ0v) is 14.4. The van der Waals surface area contributed by atoms with E-state index >= 15 is 0 Å². The first-order valence-electron chi connectivity index (χ1n) is 7.79. The Kier molecular flexibility index (Phi) is 5.35. The van der Waals surface area contributed by atoms with Gasteiger partial charge in [0.2, 0.25) is 0 Å². The monoisotopic (exact) mass is 356 g/mol. The van der Waals surface area contributed by atoms with Gasteiger partial charge in [-0.15, -0.1) is 11.3 Å². The van der Waals surface area contributed by atoms with E-state index < -0.39 is 0 Å². The van der Waals surface area contributed by atoms with Gasteiger partial charge in [0, 0.05) is 17.6 Å². The number of aryl methyl sites for hydroxylation is 1. The number of thiazole rings is 1. The Morgan fingerprint density at radius 1 is 1.16 bits per heavy atom. The average molecular weight is 356 g/mol. The average Bonchev–Trinajstić information content (AvgIpc) is 3.05. The first-order valence-corrected chi connectivity index (χ1v) is 8.67. The minimum Gasteiger partial charge on any atom is -0.350 e. The predicted octanol–water partition coefficient (Wildman–Crippen LogP) is 3.70. The van der Waals surface area contributed by atoms with Gasteiger partial charge in [-0.3, -0.25) is 4.79 Å². The van der Waals surface area contributed by atoms with Gasteiger partial charge in [-0.2, -0.15) is 0 Å². The molecule has 0 spiro atoms. The van der Waals surface area contributed by atoms with Gasteiger partial charge in [-0.05, 0) is 43.2 Å². The minimum absolute atomic E-state index is 0.233. The molecular formula is C18H17FN4OS. The second-order valence-electron chi connectivity index (χ2n) is 5.46. The van der Waals surface area contributed by atoms with Crippen molar-refractivity contribution in [1.29, 1.82) is 0 Å². The molecule has 3 aromatic rings. The topological polar surface area (TPSA) is 66.9 Å². The van der Waals surface area contributed by atoms with Crippen LogP contribution < -0.4 is 10.6 Å². The van der Waals surface area contributed by atoms with Crippen molar-refractivity contribution >= 4 is 28.2 Å². The molecule has 0 fully saturated rings. The first kappa shape index (κ1) is 17.0. The Balaban J connectivity index is 1.52. The Morgan fingerprint density at radius 3 is 2.72 bits per heavy atom. The van der Waals surface area contributed by atoms with Crippen molar-refractivity contribution in [3.05, 3.63) is 70.6 Å². The fourth-order valence-electron chi connectivity index (χ4n) is 2.22. The zero-order chi connectivity index (χ0) is 17.6. The highest BCUT2D eigenvalue weighted by molar-refractivity contribution is 7.14. The van der Waals surface area contributed by atoms with Gasteiger partial charge in [-0.1, -0.05) is 18.2 Å². The molecule has 7 heteroatoms. The van der Waals surface area contributed by atoms with Crippen LogP contribution in [0.3, 0.4) is 0 Å². The molecule has 2 aromatic heterocycles. The molecule has 0 saturated heterocycles. The highest BCUT2D eigenvalue weighted by Gasteiger charge is 2.10. The van der Waals surface area contributed by atoms with E-state index in [1.54, 1.807) is 17.5 Å². The second kappa shape index (κ2) is 7.85. The fraction of sp³-hybridized carbons (Fsp3) is 0.167. The quantitative estimate of drug-likeness (QED) is 0.707. The number of halogens is 1. The van der Waals surface area contributed by atoms with Crippen molar-refractivity contribution < 1.29 is 9.18 Å². The van der Waals surface area contributed by atoms with E-state index in [4.69, 9.17) is 0 Å². The summed E-state index contributed by atoms with van der Waals surface area (Å²) in [7, 11) is 0. The van der Waals surface area contributed by atoms with Crippen molar-refractivity contribution in [3.8, 4) is 0 Å². The molecule has 0 aliphatic rings.